The molecular formula is C68H99NO24. The van der Waals surface area contributed by atoms with E-state index >= 15 is 4.79 Å². The van der Waals surface area contributed by atoms with Crippen molar-refractivity contribution in [3.63, 3.8) is 0 Å². The molecule has 0 aromatic carbocycles. The zero-order chi connectivity index (χ0) is 67.5. The fourth-order valence-corrected chi connectivity index (χ4v) is 17.1. The normalized spacial score (nSPS) is 47.5. The van der Waals surface area contributed by atoms with Crippen LogP contribution in [0.2, 0.25) is 0 Å². The third-order valence-corrected chi connectivity index (χ3v) is 22.1. The van der Waals surface area contributed by atoms with Gasteiger partial charge in [-0.2, -0.15) is 0 Å². The Labute approximate surface area is 543 Å². The molecule has 4 aliphatic carbocycles. The number of ketones is 1. The van der Waals surface area contributed by atoms with E-state index < -0.39 is 198 Å². The number of hydroxylamine groups is 2. The van der Waals surface area contributed by atoms with Crippen molar-refractivity contribution in [2.24, 2.45) is 46.8 Å². The van der Waals surface area contributed by atoms with E-state index in [0.717, 1.165) is 5.57 Å². The molecular weight excluding hydrogens is 1210 g/mol. The van der Waals surface area contributed by atoms with Gasteiger partial charge in [0.05, 0.1) is 92.1 Å². The Balaban J connectivity index is 0.905. The summed E-state index contributed by atoms with van der Waals surface area (Å²) < 4.78 is 81.9. The standard InChI is InChI=1S/C68H99NO24/c1-31-14-18-49(88-57-29-66(11,69(79)80)44(35(5)82-57)25-52(75)81-13)32(2)23-45-47(73)24-41(30-70)28-68(45)64(77)58(65(78)93-68)63(76)67(12)43(31)16-15-42-59(67)33(3)22-34(4)60(42)92-56-27-51(62(39(9)86-56)87-40(10)71)90-53-21-19-50(37(7)84-53)89-55-26-48(74)61(38(8)85-55)91-54-20-17-46(72)36(6)83-54/h14-16,23,28,30,33-39,42-51,53-57,59-62,72-74,76,79-80H,17-22,24-27,29H2,1-13H3/b31-14-,32-23-,63-58?/t33-,34-,35+,36-,37-,38-,39-,42-,43-,44-,45+,46+,47-,48+,49-,50+,51+,53-,54-,55-,56-,57-,59+,60-,61-,62-,66-,67+,68?/m0/s1. The zero-order valence-corrected chi connectivity index (χ0v) is 55.7. The van der Waals surface area contributed by atoms with E-state index in [0.29, 0.717) is 44.0 Å². The van der Waals surface area contributed by atoms with Crippen molar-refractivity contribution in [3.05, 3.63) is 58.4 Å². The fourth-order valence-electron chi connectivity index (χ4n) is 17.1. The molecule has 2 bridgehead atoms. The number of aliphatic hydroxyl groups excluding tert-OH is 4. The van der Waals surface area contributed by atoms with Crippen LogP contribution in [0.5, 0.6) is 0 Å². The molecule has 6 N–H and O–H groups in total. The number of carbonyl (C=O) groups excluding carboxylic acids is 5. The quantitative estimate of drug-likeness (QED) is 0.0250. The second-order valence-corrected chi connectivity index (χ2v) is 28.5. The minimum atomic E-state index is -2.27. The number of hydrogen-bond donors (Lipinski definition) is 6. The number of aldehydes is 1. The average Bonchev–Trinajstić information content (AvgIpc) is 1.68. The third-order valence-electron chi connectivity index (χ3n) is 22.1. The first-order valence-electron chi connectivity index (χ1n) is 33.3. The number of methoxy groups -OCH3 is 1. The van der Waals surface area contributed by atoms with Gasteiger partial charge in [-0.15, -0.1) is 0 Å². The van der Waals surface area contributed by atoms with Gasteiger partial charge >= 0.3 is 17.9 Å². The van der Waals surface area contributed by atoms with Crippen LogP contribution in [0.4, 0.5) is 0 Å². The molecule has 25 nitrogen and oxygen atoms in total. The van der Waals surface area contributed by atoms with Gasteiger partial charge < -0.3 is 82.0 Å². The van der Waals surface area contributed by atoms with E-state index in [1.54, 1.807) is 40.7 Å². The van der Waals surface area contributed by atoms with Crippen LogP contribution >= 0.6 is 0 Å². The predicted molar refractivity (Wildman–Crippen MR) is 324 cm³/mol. The molecule has 6 heterocycles. The van der Waals surface area contributed by atoms with Crippen LogP contribution in [0.3, 0.4) is 0 Å². The Morgan fingerprint density at radius 3 is 1.99 bits per heavy atom. The number of aliphatic hydroxyl groups is 4. The molecule has 0 radical (unpaired) electrons. The van der Waals surface area contributed by atoms with Crippen LogP contribution in [-0.4, -0.2) is 201 Å². The number of hydrogen-bond acceptors (Lipinski definition) is 25. The van der Waals surface area contributed by atoms with E-state index in [9.17, 15) is 50.0 Å². The largest absolute Gasteiger partial charge is 0.511 e. The van der Waals surface area contributed by atoms with E-state index in [1.807, 2.05) is 39.8 Å². The molecule has 6 aliphatic heterocycles. The maximum Gasteiger partial charge on any atom is 0.346 e. The van der Waals surface area contributed by atoms with Crippen LogP contribution < -0.4 is 0 Å². The Bertz CT molecular complexity index is 2900. The van der Waals surface area contributed by atoms with Gasteiger partial charge in [0.2, 0.25) is 11.4 Å². The minimum absolute atomic E-state index is 0.0158. The summed E-state index contributed by atoms with van der Waals surface area (Å²) in [5.74, 6) is -7.69. The van der Waals surface area contributed by atoms with Gasteiger partial charge in [-0.1, -0.05) is 55.9 Å². The fraction of sp³-hybridized carbons (Fsp3) is 0.779. The number of esters is 3. The topological polar surface area (TPSA) is 330 Å². The molecule has 0 aromatic heterocycles. The maximum absolute atomic E-state index is 15.6. The zero-order valence-electron chi connectivity index (χ0n) is 55.7. The lowest BCUT2D eigenvalue weighted by Crippen LogP contribution is -2.59. The predicted octanol–water partition coefficient (Wildman–Crippen LogP) is 6.62. The summed E-state index contributed by atoms with van der Waals surface area (Å²) in [6, 6.07) is 0. The molecule has 6 saturated heterocycles. The van der Waals surface area contributed by atoms with E-state index in [-0.39, 0.29) is 61.2 Å². The third kappa shape index (κ3) is 14.2. The highest BCUT2D eigenvalue weighted by molar-refractivity contribution is 6.27. The Kier molecular flexibility index (Phi) is 21.9. The summed E-state index contributed by atoms with van der Waals surface area (Å²) in [6.45, 7) is 21.5. The molecule has 7 fully saturated rings. The van der Waals surface area contributed by atoms with E-state index in [1.165, 1.54) is 20.1 Å². The van der Waals surface area contributed by atoms with Crippen LogP contribution in [0, 0.1) is 46.8 Å². The van der Waals surface area contributed by atoms with Crippen molar-refractivity contribution in [3.8, 4) is 0 Å². The van der Waals surface area contributed by atoms with E-state index in [4.69, 9.17) is 61.6 Å². The summed E-state index contributed by atoms with van der Waals surface area (Å²) in [5.41, 5.74) is -4.54. The van der Waals surface area contributed by atoms with Gasteiger partial charge in [0.25, 0.3) is 0 Å². The number of rotatable bonds is 15. The van der Waals surface area contributed by atoms with Crippen molar-refractivity contribution >= 4 is 30.0 Å². The Hall–Kier alpha value is -4.39. The van der Waals surface area contributed by atoms with Gasteiger partial charge in [0.1, 0.15) is 29.8 Å². The number of fused-ring (bicyclic) bond motifs is 4. The molecule has 1 unspecified atom stereocenters. The van der Waals surface area contributed by atoms with Crippen LogP contribution in [0.25, 0.3) is 0 Å². The Morgan fingerprint density at radius 1 is 0.699 bits per heavy atom. The molecule has 0 aromatic rings. The lowest BCUT2D eigenvalue weighted by Gasteiger charge is -2.56. The summed E-state index contributed by atoms with van der Waals surface area (Å²) in [4.78, 5) is 68.2. The maximum atomic E-state index is 15.6. The molecule has 1 saturated carbocycles. The van der Waals surface area contributed by atoms with E-state index in [2.05, 4.69) is 19.9 Å². The summed E-state index contributed by atoms with van der Waals surface area (Å²) in [7, 11) is 1.24. The highest BCUT2D eigenvalue weighted by atomic mass is 16.8. The van der Waals surface area contributed by atoms with Crippen LogP contribution in [0.1, 0.15) is 154 Å². The summed E-state index contributed by atoms with van der Waals surface area (Å²) in [6.07, 6.45) is -2.34. The van der Waals surface area contributed by atoms with Crippen molar-refractivity contribution < 1.29 is 116 Å². The lowest BCUT2D eigenvalue weighted by atomic mass is 9.49. The van der Waals surface area contributed by atoms with Crippen molar-refractivity contribution in [1.82, 2.24) is 5.23 Å². The first-order valence-corrected chi connectivity index (χ1v) is 33.3. The lowest BCUT2D eigenvalue weighted by molar-refractivity contribution is -0.399. The van der Waals surface area contributed by atoms with Crippen molar-refractivity contribution in [1.29, 1.82) is 0 Å². The summed E-state index contributed by atoms with van der Waals surface area (Å²) >= 11 is 0. The summed E-state index contributed by atoms with van der Waals surface area (Å²) in [5, 5.41) is 68.2. The average molecular weight is 1310 g/mol. The Morgan fingerprint density at radius 2 is 1.33 bits per heavy atom. The van der Waals surface area contributed by atoms with Crippen molar-refractivity contribution in [2.75, 3.05) is 7.11 Å². The number of allylic oxidation sites excluding steroid dienone is 3. The molecule has 25 heteroatoms. The first kappa shape index (κ1) is 71.4. The minimum Gasteiger partial charge on any atom is -0.511 e. The molecule has 29 atom stereocenters. The molecule has 520 valence electrons. The first-order chi connectivity index (χ1) is 43.9. The number of Topliss-reactive ketones (excluding diaryl/α,β-unsaturated/α-hetero) is 1. The molecule has 10 rings (SSSR count). The highest BCUT2D eigenvalue weighted by Gasteiger charge is 2.64. The molecule has 1 spiro atoms. The van der Waals surface area contributed by atoms with Crippen molar-refractivity contribution in [2.45, 2.75) is 282 Å². The van der Waals surface area contributed by atoms with Crippen LogP contribution in [0.15, 0.2) is 58.4 Å². The number of ether oxygens (including phenoxy) is 13. The second-order valence-electron chi connectivity index (χ2n) is 28.5. The molecule has 93 heavy (non-hydrogen) atoms. The van der Waals surface area contributed by atoms with Gasteiger partial charge in [-0.25, -0.2) is 4.79 Å². The van der Waals surface area contributed by atoms with Gasteiger partial charge in [0.15, 0.2) is 37.6 Å². The molecule has 10 aliphatic rings. The van der Waals surface area contributed by atoms with Gasteiger partial charge in [-0.3, -0.25) is 29.6 Å². The smallest absolute Gasteiger partial charge is 0.346 e. The SMILES string of the molecule is COC(=O)C[C@H]1[C@@H](C)O[C@@H](O[C@H]2C/C=C(/C)[C@@H]3C=C[C@@H]4[C@@H](O[C@H]5C[C@@H](O[C@H]6CC[C@@H](O[C@H]7C[C@@H](O)[C@@H](O[C@H]8CC[C@@H](O)[C@H](C)O8)[C@H](C)O7)[C@H](C)O6)[C@@H](OC(C)=O)[C@H](C)O5)[C@@H](C)C[C@H](C)[C@H]4[C@]3(C)C(O)=C3C(=O)OC4(C=C(C=O)C[C@H](O)[C@H]4/C=C\2C)C3=O)C[C@]1(C)N(O)O. The number of nitrogens with zero attached hydrogens (tertiary/aromatic N) is 1. The second kappa shape index (κ2) is 28.6. The number of carbonyl (C=O) groups is 5. The van der Waals surface area contributed by atoms with Gasteiger partial charge in [-0.05, 0) is 116 Å². The molecule has 0 amide bonds. The van der Waals surface area contributed by atoms with Crippen LogP contribution in [-0.2, 0) is 85.6 Å². The highest BCUT2D eigenvalue weighted by Crippen LogP contribution is 2.61. The van der Waals surface area contributed by atoms with Gasteiger partial charge in [0, 0.05) is 68.6 Å². The monoisotopic (exact) mass is 1310 g/mol.